The Kier molecular flexibility index (Phi) is 3.26. The lowest BCUT2D eigenvalue weighted by Crippen LogP contribution is -2.52. The molecule has 1 saturated heterocycles. The first kappa shape index (κ1) is 11.8. The van der Waals surface area contributed by atoms with Crippen molar-refractivity contribution in [2.75, 3.05) is 6.61 Å². The van der Waals surface area contributed by atoms with E-state index in [1.807, 2.05) is 18.2 Å². The second-order valence-corrected chi connectivity index (χ2v) is 5.16. The third-order valence-corrected chi connectivity index (χ3v) is 3.33. The zero-order valence-corrected chi connectivity index (χ0v) is 9.68. The highest BCUT2D eigenvalue weighted by Crippen LogP contribution is 2.07. The van der Waals surface area contributed by atoms with Gasteiger partial charge >= 0.3 is 5.97 Å². The predicted octanol–water partition coefficient (Wildman–Crippen LogP) is 0.502. The predicted molar refractivity (Wildman–Crippen MR) is 62.3 cm³/mol. The molecule has 0 bridgehead atoms. The van der Waals surface area contributed by atoms with Gasteiger partial charge in [-0.1, -0.05) is 30.3 Å². The van der Waals surface area contributed by atoms with Gasteiger partial charge in [-0.25, -0.2) is 8.42 Å². The molecule has 1 aliphatic heterocycles. The third kappa shape index (κ3) is 3.15. The summed E-state index contributed by atoms with van der Waals surface area (Å²) >= 11 is 0. The van der Waals surface area contributed by atoms with E-state index in [2.05, 4.69) is 9.46 Å². The fraction of sp³-hybridized carbons (Fsp3) is 0.182. The van der Waals surface area contributed by atoms with Gasteiger partial charge in [0.2, 0.25) is 10.0 Å². The minimum absolute atomic E-state index is 0.0945. The Morgan fingerprint density at radius 3 is 2.53 bits per heavy atom. The fourth-order valence-electron chi connectivity index (χ4n) is 1.29. The van der Waals surface area contributed by atoms with Gasteiger partial charge in [0.15, 0.2) is 6.04 Å². The van der Waals surface area contributed by atoms with Crippen LogP contribution in [0.5, 0.6) is 0 Å². The number of ether oxygens (including phenoxy) is 1. The van der Waals surface area contributed by atoms with E-state index in [-0.39, 0.29) is 6.61 Å². The number of carbonyl (C=O) groups is 1. The van der Waals surface area contributed by atoms with E-state index >= 15 is 0 Å². The highest BCUT2D eigenvalue weighted by atomic mass is 32.2. The maximum Gasteiger partial charge on any atom is 0.327 e. The van der Waals surface area contributed by atoms with Crippen LogP contribution in [-0.4, -0.2) is 27.0 Å². The summed E-state index contributed by atoms with van der Waals surface area (Å²) in [6, 6.07) is 8.27. The average Bonchev–Trinajstić information content (AvgIpc) is 2.33. The van der Waals surface area contributed by atoms with Gasteiger partial charge in [0.05, 0.1) is 0 Å². The van der Waals surface area contributed by atoms with Crippen LogP contribution in [0.25, 0.3) is 6.08 Å². The molecule has 1 fully saturated rings. The summed E-state index contributed by atoms with van der Waals surface area (Å²) in [5.74, 6) is -0.540. The molecule has 1 atom stereocenters. The Balaban J connectivity index is 2.02. The fourth-order valence-corrected chi connectivity index (χ4v) is 2.26. The van der Waals surface area contributed by atoms with Gasteiger partial charge in [0, 0.05) is 5.41 Å². The summed E-state index contributed by atoms with van der Waals surface area (Å²) in [6.07, 6.45) is 1.46. The van der Waals surface area contributed by atoms with Crippen LogP contribution >= 0.6 is 0 Å². The Morgan fingerprint density at radius 1 is 1.29 bits per heavy atom. The van der Waals surface area contributed by atoms with Crippen molar-refractivity contribution >= 4 is 22.1 Å². The first-order chi connectivity index (χ1) is 8.07. The van der Waals surface area contributed by atoms with Crippen LogP contribution in [0.1, 0.15) is 5.56 Å². The number of benzene rings is 1. The molecule has 0 aromatic heterocycles. The van der Waals surface area contributed by atoms with Crippen molar-refractivity contribution < 1.29 is 17.9 Å². The van der Waals surface area contributed by atoms with Gasteiger partial charge in [0.25, 0.3) is 0 Å². The van der Waals surface area contributed by atoms with Gasteiger partial charge in [-0.3, -0.25) is 4.79 Å². The highest BCUT2D eigenvalue weighted by molar-refractivity contribution is 7.92. The lowest BCUT2D eigenvalue weighted by molar-refractivity contribution is -0.161. The highest BCUT2D eigenvalue weighted by Gasteiger charge is 2.33. The molecule has 17 heavy (non-hydrogen) atoms. The Bertz CT molecular complexity index is 536. The molecule has 0 aliphatic carbocycles. The number of carbonyl (C=O) groups excluding carboxylic acids is 1. The maximum absolute atomic E-state index is 11.5. The molecule has 0 radical (unpaired) electrons. The third-order valence-electron chi connectivity index (χ3n) is 2.22. The molecule has 1 heterocycles. The molecule has 6 heteroatoms. The number of nitrogens with one attached hydrogen (secondary N) is 1. The molecule has 5 nitrogen and oxygen atoms in total. The SMILES string of the molecule is O=C1OC[C@@H]1NS(=O)(=O)/C=C/c1ccccc1. The Hall–Kier alpha value is -1.66. The molecular formula is C11H11NO4S. The average molecular weight is 253 g/mol. The minimum atomic E-state index is -3.60. The van der Waals surface area contributed by atoms with Crippen molar-refractivity contribution in [1.82, 2.24) is 4.72 Å². The van der Waals surface area contributed by atoms with Gasteiger partial charge in [-0.2, -0.15) is 4.72 Å². The van der Waals surface area contributed by atoms with Crippen LogP contribution in [0.3, 0.4) is 0 Å². The van der Waals surface area contributed by atoms with Crippen LogP contribution in [0.4, 0.5) is 0 Å². The van der Waals surface area contributed by atoms with Crippen LogP contribution < -0.4 is 4.72 Å². The van der Waals surface area contributed by atoms with Gasteiger partial charge < -0.3 is 4.74 Å². The van der Waals surface area contributed by atoms with Crippen molar-refractivity contribution in [3.63, 3.8) is 0 Å². The van der Waals surface area contributed by atoms with Gasteiger partial charge in [-0.05, 0) is 11.6 Å². The summed E-state index contributed by atoms with van der Waals surface area (Å²) < 4.78 is 29.8. The quantitative estimate of drug-likeness (QED) is 0.793. The number of esters is 1. The van der Waals surface area contributed by atoms with Crippen molar-refractivity contribution in [3.05, 3.63) is 41.3 Å². The second-order valence-electron chi connectivity index (χ2n) is 3.56. The summed E-state index contributed by atoms with van der Waals surface area (Å²) in [4.78, 5) is 10.8. The van der Waals surface area contributed by atoms with E-state index in [0.717, 1.165) is 11.0 Å². The Morgan fingerprint density at radius 2 is 2.00 bits per heavy atom. The minimum Gasteiger partial charge on any atom is -0.462 e. The maximum atomic E-state index is 11.5. The molecule has 0 spiro atoms. The lowest BCUT2D eigenvalue weighted by atomic mass is 10.2. The van der Waals surface area contributed by atoms with E-state index in [9.17, 15) is 13.2 Å². The van der Waals surface area contributed by atoms with Crippen molar-refractivity contribution in [2.45, 2.75) is 6.04 Å². The second kappa shape index (κ2) is 4.68. The van der Waals surface area contributed by atoms with Gasteiger partial charge in [-0.15, -0.1) is 0 Å². The van der Waals surface area contributed by atoms with E-state index in [4.69, 9.17) is 0 Å². The Labute approximate surface area is 99.1 Å². The summed E-state index contributed by atoms with van der Waals surface area (Å²) in [7, 11) is -3.60. The molecule has 90 valence electrons. The monoisotopic (exact) mass is 253 g/mol. The zero-order valence-electron chi connectivity index (χ0n) is 8.87. The largest absolute Gasteiger partial charge is 0.462 e. The van der Waals surface area contributed by atoms with Crippen molar-refractivity contribution in [2.24, 2.45) is 0 Å². The standard InChI is InChI=1S/C11H11NO4S/c13-11-10(8-16-11)12-17(14,15)7-6-9-4-2-1-3-5-9/h1-7,10,12H,8H2/b7-6+/t10-/m0/s1. The molecule has 0 unspecified atom stereocenters. The number of hydrogen-bond acceptors (Lipinski definition) is 4. The molecule has 1 N–H and O–H groups in total. The van der Waals surface area contributed by atoms with Crippen LogP contribution in [-0.2, 0) is 19.6 Å². The van der Waals surface area contributed by atoms with Crippen molar-refractivity contribution in [3.8, 4) is 0 Å². The van der Waals surface area contributed by atoms with Crippen molar-refractivity contribution in [1.29, 1.82) is 0 Å². The number of sulfonamides is 1. The summed E-state index contributed by atoms with van der Waals surface area (Å²) in [5.41, 5.74) is 0.772. The molecular weight excluding hydrogens is 242 g/mol. The molecule has 1 aromatic carbocycles. The number of rotatable bonds is 4. The van der Waals surface area contributed by atoms with Crippen LogP contribution in [0.15, 0.2) is 35.7 Å². The zero-order chi connectivity index (χ0) is 12.3. The first-order valence-corrected chi connectivity index (χ1v) is 6.53. The van der Waals surface area contributed by atoms with E-state index in [0.29, 0.717) is 0 Å². The lowest BCUT2D eigenvalue weighted by Gasteiger charge is -2.24. The molecule has 0 amide bonds. The molecule has 0 saturated carbocycles. The summed E-state index contributed by atoms with van der Waals surface area (Å²) in [6.45, 7) is 0.0945. The normalized spacial score (nSPS) is 20.0. The molecule has 1 aliphatic rings. The smallest absolute Gasteiger partial charge is 0.327 e. The number of hydrogen-bond donors (Lipinski definition) is 1. The molecule has 2 rings (SSSR count). The first-order valence-electron chi connectivity index (χ1n) is 4.99. The number of cyclic esters (lactones) is 1. The van der Waals surface area contributed by atoms with Crippen LogP contribution in [0.2, 0.25) is 0 Å². The van der Waals surface area contributed by atoms with E-state index < -0.39 is 22.0 Å². The van der Waals surface area contributed by atoms with Gasteiger partial charge in [0.1, 0.15) is 6.61 Å². The molecule has 1 aromatic rings. The van der Waals surface area contributed by atoms with E-state index in [1.54, 1.807) is 12.1 Å². The topological polar surface area (TPSA) is 72.5 Å². The summed E-state index contributed by atoms with van der Waals surface area (Å²) in [5, 5.41) is 1.04. The van der Waals surface area contributed by atoms with E-state index in [1.165, 1.54) is 6.08 Å². The van der Waals surface area contributed by atoms with Crippen LogP contribution in [0, 0.1) is 0 Å².